The molecule has 0 saturated heterocycles. The SMILES string of the molecule is CCn1cnc(S(=O)(=O)N(C)CC(C)C(N)=NO)c1. The highest BCUT2D eigenvalue weighted by atomic mass is 32.2. The minimum Gasteiger partial charge on any atom is -0.409 e. The summed E-state index contributed by atoms with van der Waals surface area (Å²) in [6.07, 6.45) is 2.94. The molecule has 108 valence electrons. The molecule has 1 aromatic heterocycles. The van der Waals surface area contributed by atoms with Crippen LogP contribution in [0.25, 0.3) is 0 Å². The lowest BCUT2D eigenvalue weighted by Gasteiger charge is -2.19. The summed E-state index contributed by atoms with van der Waals surface area (Å²) in [5.74, 6) is -0.404. The summed E-state index contributed by atoms with van der Waals surface area (Å²) in [6, 6.07) is 0. The fourth-order valence-electron chi connectivity index (χ4n) is 1.48. The van der Waals surface area contributed by atoms with Crippen molar-refractivity contribution in [3.8, 4) is 0 Å². The molecule has 9 heteroatoms. The molecule has 0 aromatic carbocycles. The molecule has 0 fully saturated rings. The molecule has 1 atom stereocenters. The van der Waals surface area contributed by atoms with Gasteiger partial charge in [0.05, 0.1) is 6.33 Å². The van der Waals surface area contributed by atoms with Gasteiger partial charge in [-0.1, -0.05) is 12.1 Å². The van der Waals surface area contributed by atoms with Gasteiger partial charge in [0.25, 0.3) is 10.0 Å². The molecular weight excluding hydrogens is 270 g/mol. The molecule has 19 heavy (non-hydrogen) atoms. The highest BCUT2D eigenvalue weighted by Crippen LogP contribution is 2.13. The monoisotopic (exact) mass is 289 g/mol. The maximum absolute atomic E-state index is 12.2. The first kappa shape index (κ1) is 15.4. The van der Waals surface area contributed by atoms with Crippen molar-refractivity contribution in [3.63, 3.8) is 0 Å². The number of hydrogen-bond donors (Lipinski definition) is 2. The average molecular weight is 289 g/mol. The van der Waals surface area contributed by atoms with Crippen LogP contribution in [0.15, 0.2) is 22.7 Å². The Labute approximate surface area is 112 Å². The van der Waals surface area contributed by atoms with Crippen molar-refractivity contribution in [2.75, 3.05) is 13.6 Å². The van der Waals surface area contributed by atoms with Crippen LogP contribution in [0.2, 0.25) is 0 Å². The molecule has 8 nitrogen and oxygen atoms in total. The van der Waals surface area contributed by atoms with Gasteiger partial charge in [-0.15, -0.1) is 0 Å². The number of oxime groups is 1. The van der Waals surface area contributed by atoms with Crippen molar-refractivity contribution < 1.29 is 13.6 Å². The minimum atomic E-state index is -3.66. The lowest BCUT2D eigenvalue weighted by molar-refractivity contribution is 0.312. The zero-order valence-corrected chi connectivity index (χ0v) is 12.0. The molecule has 0 aliphatic rings. The van der Waals surface area contributed by atoms with Gasteiger partial charge in [-0.2, -0.15) is 4.31 Å². The van der Waals surface area contributed by atoms with Crippen molar-refractivity contribution >= 4 is 15.9 Å². The van der Waals surface area contributed by atoms with E-state index in [0.717, 1.165) is 4.31 Å². The number of rotatable bonds is 6. The Balaban J connectivity index is 2.88. The predicted molar refractivity (Wildman–Crippen MR) is 70.3 cm³/mol. The molecule has 1 rings (SSSR count). The number of nitrogens with two attached hydrogens (primary N) is 1. The van der Waals surface area contributed by atoms with Crippen LogP contribution in [-0.4, -0.2) is 46.9 Å². The number of hydrogen-bond acceptors (Lipinski definition) is 5. The van der Waals surface area contributed by atoms with Crippen LogP contribution in [0, 0.1) is 5.92 Å². The van der Waals surface area contributed by atoms with Gasteiger partial charge in [0, 0.05) is 32.3 Å². The topological polar surface area (TPSA) is 114 Å². The number of imidazole rings is 1. The molecule has 3 N–H and O–H groups in total. The maximum atomic E-state index is 12.2. The minimum absolute atomic E-state index is 0.0106. The number of sulfonamides is 1. The van der Waals surface area contributed by atoms with E-state index in [1.807, 2.05) is 6.92 Å². The second-order valence-corrected chi connectivity index (χ2v) is 6.25. The van der Waals surface area contributed by atoms with Crippen LogP contribution in [0.4, 0.5) is 0 Å². The summed E-state index contributed by atoms with van der Waals surface area (Å²) in [7, 11) is -2.22. The highest BCUT2D eigenvalue weighted by molar-refractivity contribution is 7.89. The second-order valence-electron chi connectivity index (χ2n) is 4.25. The lowest BCUT2D eigenvalue weighted by Crippen LogP contribution is -2.36. The lowest BCUT2D eigenvalue weighted by atomic mass is 10.2. The molecule has 0 saturated carbocycles. The highest BCUT2D eigenvalue weighted by Gasteiger charge is 2.25. The van der Waals surface area contributed by atoms with Crippen molar-refractivity contribution in [1.29, 1.82) is 0 Å². The number of aryl methyl sites for hydroxylation is 1. The van der Waals surface area contributed by atoms with Crippen LogP contribution in [0.3, 0.4) is 0 Å². The Hall–Kier alpha value is -1.61. The van der Waals surface area contributed by atoms with Crippen LogP contribution in [0.5, 0.6) is 0 Å². The molecule has 0 aliphatic carbocycles. The van der Waals surface area contributed by atoms with Gasteiger partial charge in [-0.25, -0.2) is 13.4 Å². The van der Waals surface area contributed by atoms with Crippen LogP contribution < -0.4 is 5.73 Å². The first-order valence-corrected chi connectivity index (χ1v) is 7.22. The summed E-state index contributed by atoms with van der Waals surface area (Å²) in [5.41, 5.74) is 5.43. The van der Waals surface area contributed by atoms with E-state index in [1.54, 1.807) is 11.5 Å². The van der Waals surface area contributed by atoms with E-state index in [4.69, 9.17) is 10.9 Å². The molecule has 0 radical (unpaired) electrons. The smallest absolute Gasteiger partial charge is 0.261 e. The third-order valence-electron chi connectivity index (χ3n) is 2.80. The number of aromatic nitrogens is 2. The standard InChI is InChI=1S/C10H19N5O3S/c1-4-15-6-9(12-7-15)19(17,18)14(3)5-8(2)10(11)13-16/h6-8,16H,4-5H2,1-3H3,(H2,11,13). The maximum Gasteiger partial charge on any atom is 0.261 e. The van der Waals surface area contributed by atoms with Gasteiger partial charge < -0.3 is 15.5 Å². The van der Waals surface area contributed by atoms with E-state index in [1.165, 1.54) is 19.6 Å². The second kappa shape index (κ2) is 6.02. The summed E-state index contributed by atoms with van der Waals surface area (Å²) in [6.45, 7) is 4.32. The molecule has 1 aromatic rings. The Morgan fingerprint density at radius 1 is 1.68 bits per heavy atom. The van der Waals surface area contributed by atoms with Gasteiger partial charge in [-0.3, -0.25) is 0 Å². The van der Waals surface area contributed by atoms with Crippen molar-refractivity contribution in [2.24, 2.45) is 16.8 Å². The quantitative estimate of drug-likeness (QED) is 0.329. The van der Waals surface area contributed by atoms with Crippen LogP contribution in [0.1, 0.15) is 13.8 Å². The third-order valence-corrected chi connectivity index (χ3v) is 4.51. The fourth-order valence-corrected chi connectivity index (χ4v) is 2.67. The Kier molecular flexibility index (Phi) is 4.90. The van der Waals surface area contributed by atoms with Crippen molar-refractivity contribution in [3.05, 3.63) is 12.5 Å². The summed E-state index contributed by atoms with van der Waals surface area (Å²) >= 11 is 0. The first-order chi connectivity index (χ1) is 8.82. The van der Waals surface area contributed by atoms with Gasteiger partial charge in [0.15, 0.2) is 5.03 Å². The molecule has 1 unspecified atom stereocenters. The van der Waals surface area contributed by atoms with Gasteiger partial charge in [0.2, 0.25) is 0 Å². The van der Waals surface area contributed by atoms with Gasteiger partial charge in [0.1, 0.15) is 5.84 Å². The predicted octanol–water partition coefficient (Wildman–Crippen LogP) is -0.0940. The van der Waals surface area contributed by atoms with E-state index in [-0.39, 0.29) is 17.4 Å². The number of nitrogens with zero attached hydrogens (tertiary/aromatic N) is 4. The van der Waals surface area contributed by atoms with Crippen molar-refractivity contribution in [2.45, 2.75) is 25.4 Å². The fraction of sp³-hybridized carbons (Fsp3) is 0.600. The van der Waals surface area contributed by atoms with Gasteiger partial charge >= 0.3 is 0 Å². The van der Waals surface area contributed by atoms with E-state index in [2.05, 4.69) is 10.1 Å². The van der Waals surface area contributed by atoms with E-state index >= 15 is 0 Å². The summed E-state index contributed by atoms with van der Waals surface area (Å²) < 4.78 is 27.2. The molecule has 0 aliphatic heterocycles. The molecule has 0 bridgehead atoms. The van der Waals surface area contributed by atoms with E-state index in [0.29, 0.717) is 6.54 Å². The Morgan fingerprint density at radius 2 is 2.32 bits per heavy atom. The van der Waals surface area contributed by atoms with Crippen LogP contribution in [-0.2, 0) is 16.6 Å². The van der Waals surface area contributed by atoms with Crippen LogP contribution >= 0.6 is 0 Å². The summed E-state index contributed by atoms with van der Waals surface area (Å²) in [4.78, 5) is 3.87. The largest absolute Gasteiger partial charge is 0.409 e. The van der Waals surface area contributed by atoms with Crippen molar-refractivity contribution in [1.82, 2.24) is 13.9 Å². The third kappa shape index (κ3) is 3.44. The molecule has 0 amide bonds. The zero-order valence-electron chi connectivity index (χ0n) is 11.2. The summed E-state index contributed by atoms with van der Waals surface area (Å²) in [5, 5.41) is 11.4. The molecule has 0 spiro atoms. The average Bonchev–Trinajstić information content (AvgIpc) is 2.86. The zero-order chi connectivity index (χ0) is 14.6. The molecular formula is C10H19N5O3S. The van der Waals surface area contributed by atoms with Gasteiger partial charge in [-0.05, 0) is 6.92 Å². The Morgan fingerprint density at radius 3 is 2.79 bits per heavy atom. The van der Waals surface area contributed by atoms with E-state index < -0.39 is 15.9 Å². The normalized spacial score (nSPS) is 14.8. The van der Waals surface area contributed by atoms with E-state index in [9.17, 15) is 8.42 Å². The Bertz CT molecular complexity index is 551. The first-order valence-electron chi connectivity index (χ1n) is 5.78. The molecule has 1 heterocycles. The number of amidine groups is 1.